The van der Waals surface area contributed by atoms with Gasteiger partial charge in [0, 0.05) is 30.7 Å². The molecule has 2 aromatic carbocycles. The quantitative estimate of drug-likeness (QED) is 0.346. The Morgan fingerprint density at radius 2 is 1.81 bits per heavy atom. The number of hydrogen-bond acceptors (Lipinski definition) is 6. The predicted molar refractivity (Wildman–Crippen MR) is 142 cm³/mol. The number of nitrogens with zero attached hydrogens (tertiary/aromatic N) is 2. The number of unbranched alkanes of at least 4 members (excludes halogenated alkanes) is 1. The number of carbonyl (C=O) groups is 1. The standard InChI is InChI=1S/C28H31BrN2O5/c1-2-3-15-35-21-8-5-19(6-9-21)25-24-26(32)22-18-20(29)7-10-23(22)36-27(24)28(33)31(25)12-4-11-30-13-16-34-17-14-30/h5-10,18,25H,2-4,11-17H2,1H3. The number of carbonyl (C=O) groups excluding carboxylic acids is 1. The molecule has 2 aliphatic rings. The Morgan fingerprint density at radius 3 is 2.56 bits per heavy atom. The number of halogens is 1. The van der Waals surface area contributed by atoms with Gasteiger partial charge in [0.25, 0.3) is 5.91 Å². The number of rotatable bonds is 9. The highest BCUT2D eigenvalue weighted by molar-refractivity contribution is 9.10. The molecule has 0 radical (unpaired) electrons. The number of fused-ring (bicyclic) bond motifs is 2. The molecule has 190 valence electrons. The van der Waals surface area contributed by atoms with Crippen LogP contribution in [0, 0.1) is 0 Å². The fraction of sp³-hybridized carbons (Fsp3) is 0.429. The van der Waals surface area contributed by atoms with Gasteiger partial charge >= 0.3 is 0 Å². The summed E-state index contributed by atoms with van der Waals surface area (Å²) >= 11 is 3.45. The summed E-state index contributed by atoms with van der Waals surface area (Å²) in [5, 5.41) is 0.468. The van der Waals surface area contributed by atoms with Crippen LogP contribution in [0.15, 0.2) is 56.1 Å². The van der Waals surface area contributed by atoms with E-state index in [1.807, 2.05) is 30.3 Å². The zero-order valence-corrected chi connectivity index (χ0v) is 22.1. The number of hydrogen-bond donors (Lipinski definition) is 0. The summed E-state index contributed by atoms with van der Waals surface area (Å²) in [4.78, 5) is 31.4. The third-order valence-electron chi connectivity index (χ3n) is 6.87. The van der Waals surface area contributed by atoms with Crippen molar-refractivity contribution in [3.63, 3.8) is 0 Å². The van der Waals surface area contributed by atoms with Crippen LogP contribution in [0.4, 0.5) is 0 Å². The second-order valence-electron chi connectivity index (χ2n) is 9.29. The lowest BCUT2D eigenvalue weighted by atomic mass is 9.98. The van der Waals surface area contributed by atoms with E-state index in [0.29, 0.717) is 29.7 Å². The Bertz CT molecular complexity index is 1280. The van der Waals surface area contributed by atoms with Crippen molar-refractivity contribution in [3.05, 3.63) is 74.0 Å². The van der Waals surface area contributed by atoms with Gasteiger partial charge in [0.1, 0.15) is 11.3 Å². The van der Waals surface area contributed by atoms with Crippen molar-refractivity contribution in [2.24, 2.45) is 0 Å². The maximum absolute atomic E-state index is 13.7. The predicted octanol–water partition coefficient (Wildman–Crippen LogP) is 5.00. The Balaban J connectivity index is 1.48. The molecule has 0 N–H and O–H groups in total. The highest BCUT2D eigenvalue weighted by Gasteiger charge is 2.42. The highest BCUT2D eigenvalue weighted by Crippen LogP contribution is 2.39. The zero-order chi connectivity index (χ0) is 25.1. The number of amides is 1. The lowest BCUT2D eigenvalue weighted by molar-refractivity contribution is 0.0353. The van der Waals surface area contributed by atoms with Crippen LogP contribution in [0.3, 0.4) is 0 Å². The molecule has 1 atom stereocenters. The fourth-order valence-corrected chi connectivity index (χ4v) is 5.30. The molecule has 2 aliphatic heterocycles. The fourth-order valence-electron chi connectivity index (χ4n) is 4.94. The van der Waals surface area contributed by atoms with Crippen molar-refractivity contribution in [1.82, 2.24) is 9.80 Å². The van der Waals surface area contributed by atoms with Gasteiger partial charge in [0.05, 0.1) is 36.8 Å². The first-order valence-corrected chi connectivity index (χ1v) is 13.5. The van der Waals surface area contributed by atoms with E-state index in [9.17, 15) is 9.59 Å². The van der Waals surface area contributed by atoms with Gasteiger partial charge < -0.3 is 18.8 Å². The molecule has 0 aliphatic carbocycles. The maximum Gasteiger partial charge on any atom is 0.290 e. The monoisotopic (exact) mass is 554 g/mol. The van der Waals surface area contributed by atoms with Crippen LogP contribution in [-0.4, -0.2) is 61.7 Å². The van der Waals surface area contributed by atoms with E-state index in [2.05, 4.69) is 27.8 Å². The van der Waals surface area contributed by atoms with Crippen LogP contribution in [0.2, 0.25) is 0 Å². The van der Waals surface area contributed by atoms with Crippen LogP contribution in [0.1, 0.15) is 53.9 Å². The first kappa shape index (κ1) is 25.0. The second kappa shape index (κ2) is 11.2. The van der Waals surface area contributed by atoms with Crippen molar-refractivity contribution in [2.75, 3.05) is 46.0 Å². The molecular formula is C28H31BrN2O5. The summed E-state index contributed by atoms with van der Waals surface area (Å²) in [6, 6.07) is 12.5. The molecule has 7 nitrogen and oxygen atoms in total. The van der Waals surface area contributed by atoms with Crippen LogP contribution in [0.5, 0.6) is 5.75 Å². The van der Waals surface area contributed by atoms with Crippen molar-refractivity contribution in [1.29, 1.82) is 0 Å². The van der Waals surface area contributed by atoms with Crippen LogP contribution in [0.25, 0.3) is 11.0 Å². The molecular weight excluding hydrogens is 524 g/mol. The van der Waals surface area contributed by atoms with Crippen molar-refractivity contribution < 1.29 is 18.7 Å². The second-order valence-corrected chi connectivity index (χ2v) is 10.2. The molecule has 1 fully saturated rings. The summed E-state index contributed by atoms with van der Waals surface area (Å²) < 4.78 is 18.1. The minimum atomic E-state index is -0.499. The maximum atomic E-state index is 13.7. The Labute approximate surface area is 219 Å². The molecule has 0 bridgehead atoms. The van der Waals surface area contributed by atoms with Gasteiger partial charge in [-0.15, -0.1) is 0 Å². The third kappa shape index (κ3) is 5.08. The molecule has 1 saturated heterocycles. The number of morpholine rings is 1. The van der Waals surface area contributed by atoms with E-state index in [0.717, 1.165) is 67.9 Å². The minimum absolute atomic E-state index is 0.148. The van der Waals surface area contributed by atoms with Gasteiger partial charge in [-0.1, -0.05) is 41.4 Å². The van der Waals surface area contributed by atoms with Gasteiger partial charge in [0.15, 0.2) is 5.43 Å². The van der Waals surface area contributed by atoms with Crippen LogP contribution in [-0.2, 0) is 4.74 Å². The van der Waals surface area contributed by atoms with E-state index in [4.69, 9.17) is 13.9 Å². The number of ether oxygens (including phenoxy) is 2. The first-order valence-electron chi connectivity index (χ1n) is 12.7. The van der Waals surface area contributed by atoms with E-state index >= 15 is 0 Å². The van der Waals surface area contributed by atoms with Crippen molar-refractivity contribution in [3.8, 4) is 5.75 Å². The largest absolute Gasteiger partial charge is 0.494 e. The molecule has 1 unspecified atom stereocenters. The third-order valence-corrected chi connectivity index (χ3v) is 7.36. The molecule has 0 spiro atoms. The van der Waals surface area contributed by atoms with E-state index < -0.39 is 6.04 Å². The van der Waals surface area contributed by atoms with Crippen LogP contribution >= 0.6 is 15.9 Å². The molecule has 3 aromatic rings. The molecule has 1 amide bonds. The van der Waals surface area contributed by atoms with E-state index in [1.54, 1.807) is 17.0 Å². The topological polar surface area (TPSA) is 72.2 Å². The molecule has 1 aromatic heterocycles. The van der Waals surface area contributed by atoms with Crippen molar-refractivity contribution in [2.45, 2.75) is 32.2 Å². The molecule has 36 heavy (non-hydrogen) atoms. The average molecular weight is 555 g/mol. The summed E-state index contributed by atoms with van der Waals surface area (Å²) in [7, 11) is 0. The molecule has 8 heteroatoms. The van der Waals surface area contributed by atoms with Crippen LogP contribution < -0.4 is 10.2 Å². The van der Waals surface area contributed by atoms with E-state index in [-0.39, 0.29) is 17.1 Å². The SMILES string of the molecule is CCCCOc1ccc(C2c3c(oc4ccc(Br)cc4c3=O)C(=O)N2CCCN2CCOCC2)cc1. The van der Waals surface area contributed by atoms with Gasteiger partial charge in [0.2, 0.25) is 5.76 Å². The lowest BCUT2D eigenvalue weighted by Crippen LogP contribution is -2.38. The summed E-state index contributed by atoms with van der Waals surface area (Å²) in [6.45, 7) is 7.47. The molecule has 3 heterocycles. The zero-order valence-electron chi connectivity index (χ0n) is 20.5. The Kier molecular flexibility index (Phi) is 7.74. The van der Waals surface area contributed by atoms with Gasteiger partial charge in [-0.05, 0) is 48.7 Å². The summed E-state index contributed by atoms with van der Waals surface area (Å²) in [5.74, 6) is 0.696. The summed E-state index contributed by atoms with van der Waals surface area (Å²) in [6.07, 6.45) is 2.86. The number of benzene rings is 2. The Morgan fingerprint density at radius 1 is 1.03 bits per heavy atom. The Hall–Kier alpha value is -2.68. The first-order chi connectivity index (χ1) is 17.6. The van der Waals surface area contributed by atoms with Gasteiger partial charge in [-0.2, -0.15) is 0 Å². The average Bonchev–Trinajstić information content (AvgIpc) is 3.17. The van der Waals surface area contributed by atoms with Gasteiger partial charge in [-0.3, -0.25) is 14.5 Å². The molecule has 0 saturated carbocycles. The van der Waals surface area contributed by atoms with E-state index in [1.165, 1.54) is 0 Å². The smallest absolute Gasteiger partial charge is 0.290 e. The minimum Gasteiger partial charge on any atom is -0.494 e. The molecule has 5 rings (SSSR count). The normalized spacial score (nSPS) is 18.1. The lowest BCUT2D eigenvalue weighted by Gasteiger charge is -2.29. The van der Waals surface area contributed by atoms with Crippen molar-refractivity contribution >= 4 is 32.8 Å². The highest BCUT2D eigenvalue weighted by atomic mass is 79.9. The van der Waals surface area contributed by atoms with Gasteiger partial charge in [-0.25, -0.2) is 0 Å². The summed E-state index contributed by atoms with van der Waals surface area (Å²) in [5.41, 5.74) is 1.54.